The molecule has 4 rings (SSSR count). The van der Waals surface area contributed by atoms with Gasteiger partial charge in [-0.3, -0.25) is 9.59 Å². The van der Waals surface area contributed by atoms with Gasteiger partial charge in [0, 0.05) is 29.9 Å². The topological polar surface area (TPSA) is 59.5 Å². The quantitative estimate of drug-likeness (QED) is 0.632. The molecular weight excluding hydrogens is 340 g/mol. The highest BCUT2D eigenvalue weighted by atomic mass is 16.5. The van der Waals surface area contributed by atoms with Crippen LogP contribution in [0, 0.1) is 0 Å². The molecule has 0 atom stereocenters. The lowest BCUT2D eigenvalue weighted by atomic mass is 10.1. The number of carbonyl (C=O) groups is 2. The van der Waals surface area contributed by atoms with E-state index in [1.54, 1.807) is 17.0 Å². The number of benzene rings is 2. The van der Waals surface area contributed by atoms with Gasteiger partial charge in [-0.25, -0.2) is 4.98 Å². The highest BCUT2D eigenvalue weighted by Crippen LogP contribution is 2.21. The first-order valence-electron chi connectivity index (χ1n) is 9.07. The van der Waals surface area contributed by atoms with Crippen LogP contribution in [0.3, 0.4) is 0 Å². The van der Waals surface area contributed by atoms with E-state index in [4.69, 9.17) is 4.74 Å². The average Bonchev–Trinajstić information content (AvgIpc) is 2.69. The van der Waals surface area contributed by atoms with Gasteiger partial charge in [0.1, 0.15) is 6.10 Å². The molecule has 0 N–H and O–H groups in total. The Labute approximate surface area is 157 Å². The maximum absolute atomic E-state index is 12.2. The minimum absolute atomic E-state index is 0.00219. The van der Waals surface area contributed by atoms with E-state index in [1.165, 1.54) is 0 Å². The molecule has 1 aliphatic rings. The van der Waals surface area contributed by atoms with Crippen molar-refractivity contribution >= 4 is 22.6 Å². The summed E-state index contributed by atoms with van der Waals surface area (Å²) in [6, 6.07) is 20.8. The predicted octanol–water partition coefficient (Wildman–Crippen LogP) is 3.49. The average molecular weight is 360 g/mol. The first-order valence-corrected chi connectivity index (χ1v) is 9.07. The number of likely N-dealkylation sites (tertiary alicyclic amines) is 1. The van der Waals surface area contributed by atoms with Crippen molar-refractivity contribution in [3.05, 3.63) is 72.3 Å². The Bertz CT molecular complexity index is 965. The number of ketones is 1. The molecule has 27 heavy (non-hydrogen) atoms. The Morgan fingerprint density at radius 1 is 0.926 bits per heavy atom. The van der Waals surface area contributed by atoms with Gasteiger partial charge in [-0.2, -0.15) is 0 Å². The molecule has 0 aliphatic carbocycles. The van der Waals surface area contributed by atoms with Crippen molar-refractivity contribution in [3.63, 3.8) is 0 Å². The Hall–Kier alpha value is -3.21. The predicted molar refractivity (Wildman–Crippen MR) is 103 cm³/mol. The van der Waals surface area contributed by atoms with Gasteiger partial charge in [0.25, 0.3) is 0 Å². The van der Waals surface area contributed by atoms with Gasteiger partial charge in [-0.1, -0.05) is 48.5 Å². The van der Waals surface area contributed by atoms with Crippen molar-refractivity contribution in [2.24, 2.45) is 0 Å². The number of rotatable bonds is 6. The van der Waals surface area contributed by atoms with Crippen LogP contribution in [0.2, 0.25) is 0 Å². The van der Waals surface area contributed by atoms with Gasteiger partial charge in [0.15, 0.2) is 5.78 Å². The van der Waals surface area contributed by atoms with Gasteiger partial charge in [0.05, 0.1) is 18.6 Å². The summed E-state index contributed by atoms with van der Waals surface area (Å²) in [6.07, 6.45) is 0.415. The molecule has 1 saturated heterocycles. The fourth-order valence-corrected chi connectivity index (χ4v) is 3.15. The minimum atomic E-state index is -0.0487. The molecule has 136 valence electrons. The number of amides is 1. The molecule has 0 bridgehead atoms. The lowest BCUT2D eigenvalue weighted by molar-refractivity contribution is -0.140. The number of carbonyl (C=O) groups excluding carboxylic acids is 2. The second-order valence-corrected chi connectivity index (χ2v) is 6.67. The van der Waals surface area contributed by atoms with Crippen LogP contribution in [0.15, 0.2) is 66.7 Å². The third-order valence-corrected chi connectivity index (χ3v) is 4.72. The van der Waals surface area contributed by atoms with E-state index in [0.29, 0.717) is 24.5 Å². The molecule has 5 nitrogen and oxygen atoms in total. The van der Waals surface area contributed by atoms with E-state index in [9.17, 15) is 9.59 Å². The minimum Gasteiger partial charge on any atom is -0.471 e. The molecule has 0 spiro atoms. The highest BCUT2D eigenvalue weighted by Gasteiger charge is 2.32. The maximum atomic E-state index is 12.2. The van der Waals surface area contributed by atoms with Crippen LogP contribution in [0.1, 0.15) is 23.2 Å². The van der Waals surface area contributed by atoms with E-state index >= 15 is 0 Å². The van der Waals surface area contributed by atoms with Gasteiger partial charge < -0.3 is 9.64 Å². The molecule has 1 amide bonds. The fraction of sp³-hybridized carbons (Fsp3) is 0.227. The highest BCUT2D eigenvalue weighted by molar-refractivity contribution is 5.97. The zero-order valence-corrected chi connectivity index (χ0v) is 14.9. The Balaban J connectivity index is 1.25. The third kappa shape index (κ3) is 3.97. The number of fused-ring (bicyclic) bond motifs is 1. The van der Waals surface area contributed by atoms with E-state index < -0.39 is 0 Å². The summed E-state index contributed by atoms with van der Waals surface area (Å²) < 4.78 is 5.86. The van der Waals surface area contributed by atoms with Crippen molar-refractivity contribution in [2.75, 3.05) is 13.1 Å². The molecule has 1 aliphatic heterocycles. The van der Waals surface area contributed by atoms with Gasteiger partial charge in [0.2, 0.25) is 11.8 Å². The number of hydrogen-bond donors (Lipinski definition) is 0. The number of nitrogens with zero attached hydrogens (tertiary/aromatic N) is 2. The number of ether oxygens (including phenoxy) is 1. The van der Waals surface area contributed by atoms with Crippen LogP contribution in [-0.4, -0.2) is 40.8 Å². The van der Waals surface area contributed by atoms with Crippen molar-refractivity contribution in [3.8, 4) is 5.88 Å². The van der Waals surface area contributed by atoms with Crippen molar-refractivity contribution in [1.82, 2.24) is 9.88 Å². The molecule has 1 fully saturated rings. The number of para-hydroxylation sites is 1. The molecule has 5 heteroatoms. The monoisotopic (exact) mass is 360 g/mol. The van der Waals surface area contributed by atoms with Crippen LogP contribution in [-0.2, 0) is 4.79 Å². The van der Waals surface area contributed by atoms with E-state index in [2.05, 4.69) is 4.98 Å². The molecule has 0 unspecified atom stereocenters. The standard InChI is InChI=1S/C22H20N2O3/c25-20(17-7-2-1-3-8-17)11-13-22(26)24-14-18(15-24)27-21-12-10-16-6-4-5-9-19(16)23-21/h1-10,12,18H,11,13-15H2. The first-order chi connectivity index (χ1) is 13.2. The summed E-state index contributed by atoms with van der Waals surface area (Å²) in [5, 5.41) is 1.07. The summed E-state index contributed by atoms with van der Waals surface area (Å²) in [7, 11) is 0. The Kier molecular flexibility index (Phi) is 4.83. The second-order valence-electron chi connectivity index (χ2n) is 6.67. The summed E-state index contributed by atoms with van der Waals surface area (Å²) in [5.74, 6) is 0.563. The zero-order chi connectivity index (χ0) is 18.6. The van der Waals surface area contributed by atoms with E-state index in [1.807, 2.05) is 54.6 Å². The van der Waals surface area contributed by atoms with E-state index in [0.717, 1.165) is 10.9 Å². The number of pyridine rings is 1. The number of Topliss-reactive ketones (excluding diaryl/α,β-unsaturated/α-hetero) is 1. The van der Waals surface area contributed by atoms with Gasteiger partial charge >= 0.3 is 0 Å². The van der Waals surface area contributed by atoms with Crippen molar-refractivity contribution in [2.45, 2.75) is 18.9 Å². The Morgan fingerprint density at radius 2 is 1.67 bits per heavy atom. The summed E-state index contributed by atoms with van der Waals surface area (Å²) in [4.78, 5) is 30.5. The maximum Gasteiger partial charge on any atom is 0.223 e. The zero-order valence-electron chi connectivity index (χ0n) is 14.9. The Morgan fingerprint density at radius 3 is 2.48 bits per heavy atom. The lowest BCUT2D eigenvalue weighted by Gasteiger charge is -2.38. The largest absolute Gasteiger partial charge is 0.471 e. The summed E-state index contributed by atoms with van der Waals surface area (Å²) in [6.45, 7) is 1.07. The third-order valence-electron chi connectivity index (χ3n) is 4.72. The first kappa shape index (κ1) is 17.2. The SMILES string of the molecule is O=C(CCC(=O)N1CC(Oc2ccc3ccccc3n2)C1)c1ccccc1. The lowest BCUT2D eigenvalue weighted by Crippen LogP contribution is -2.56. The molecule has 2 aromatic carbocycles. The van der Waals surface area contributed by atoms with Crippen LogP contribution < -0.4 is 4.74 Å². The van der Waals surface area contributed by atoms with E-state index in [-0.39, 0.29) is 30.6 Å². The summed E-state index contributed by atoms with van der Waals surface area (Å²) in [5.41, 5.74) is 1.54. The van der Waals surface area contributed by atoms with Crippen molar-refractivity contribution < 1.29 is 14.3 Å². The fourth-order valence-electron chi connectivity index (χ4n) is 3.15. The van der Waals surface area contributed by atoms with Crippen molar-refractivity contribution in [1.29, 1.82) is 0 Å². The molecule has 0 radical (unpaired) electrons. The van der Waals surface area contributed by atoms with Gasteiger partial charge in [-0.05, 0) is 12.1 Å². The van der Waals surface area contributed by atoms with Crippen LogP contribution in [0.4, 0.5) is 0 Å². The molecule has 3 aromatic rings. The van der Waals surface area contributed by atoms with Crippen LogP contribution in [0.5, 0.6) is 5.88 Å². The smallest absolute Gasteiger partial charge is 0.223 e. The normalized spacial score (nSPS) is 14.0. The number of aromatic nitrogens is 1. The second kappa shape index (κ2) is 7.58. The van der Waals surface area contributed by atoms with Gasteiger partial charge in [-0.15, -0.1) is 0 Å². The summed E-state index contributed by atoms with van der Waals surface area (Å²) >= 11 is 0. The molecule has 0 saturated carbocycles. The molecule has 2 heterocycles. The van der Waals surface area contributed by atoms with Crippen LogP contribution >= 0.6 is 0 Å². The molecule has 1 aromatic heterocycles. The van der Waals surface area contributed by atoms with Crippen LogP contribution in [0.25, 0.3) is 10.9 Å². The molecular formula is C22H20N2O3. The number of hydrogen-bond acceptors (Lipinski definition) is 4.